The van der Waals surface area contributed by atoms with Crippen LogP contribution in [0.25, 0.3) is 0 Å². The van der Waals surface area contributed by atoms with E-state index < -0.39 is 4.92 Å². The second kappa shape index (κ2) is 9.41. The summed E-state index contributed by atoms with van der Waals surface area (Å²) >= 11 is 0. The van der Waals surface area contributed by atoms with Crippen LogP contribution >= 0.6 is 0 Å². The Balaban J connectivity index is 2.10. The van der Waals surface area contributed by atoms with Crippen LogP contribution in [0.2, 0.25) is 0 Å². The number of hydrogen-bond donors (Lipinski definition) is 1. The Labute approximate surface area is 153 Å². The van der Waals surface area contributed by atoms with Gasteiger partial charge < -0.3 is 15.0 Å². The van der Waals surface area contributed by atoms with Crippen LogP contribution in [0, 0.1) is 10.1 Å². The number of para-hydroxylation sites is 1. The summed E-state index contributed by atoms with van der Waals surface area (Å²) in [5, 5.41) is 14.0. The quantitative estimate of drug-likeness (QED) is 0.357. The van der Waals surface area contributed by atoms with Crippen molar-refractivity contribution in [2.24, 2.45) is 4.99 Å². The van der Waals surface area contributed by atoms with Crippen molar-refractivity contribution in [3.05, 3.63) is 69.8 Å². The first kappa shape index (κ1) is 19.2. The van der Waals surface area contributed by atoms with Crippen molar-refractivity contribution in [1.29, 1.82) is 0 Å². The standard InChI is InChI=1S/C19H24N4O3/c1-4-20-19(21-13-15-9-11-17(12-10-15)23(24)25)22(2)14-16-7-5-6-8-18(16)26-3/h5-12H,4,13-14H2,1-3H3,(H,20,21). The molecule has 0 aliphatic rings. The smallest absolute Gasteiger partial charge is 0.269 e. The molecule has 0 aliphatic carbocycles. The van der Waals surface area contributed by atoms with E-state index in [0.717, 1.165) is 29.4 Å². The van der Waals surface area contributed by atoms with Crippen molar-refractivity contribution in [3.8, 4) is 5.75 Å². The molecule has 2 aromatic rings. The molecule has 26 heavy (non-hydrogen) atoms. The molecule has 7 heteroatoms. The minimum atomic E-state index is -0.405. The Morgan fingerprint density at radius 1 is 1.23 bits per heavy atom. The largest absolute Gasteiger partial charge is 0.496 e. The molecule has 0 spiro atoms. The summed E-state index contributed by atoms with van der Waals surface area (Å²) in [6.45, 7) is 3.85. The van der Waals surface area contributed by atoms with Crippen LogP contribution in [0.4, 0.5) is 5.69 Å². The number of ether oxygens (including phenoxy) is 1. The first-order valence-electron chi connectivity index (χ1n) is 8.39. The number of nitro groups is 1. The Morgan fingerprint density at radius 3 is 2.54 bits per heavy atom. The number of rotatable bonds is 7. The third-order valence-corrected chi connectivity index (χ3v) is 3.86. The Hall–Kier alpha value is -3.09. The van der Waals surface area contributed by atoms with Crippen molar-refractivity contribution >= 4 is 11.6 Å². The lowest BCUT2D eigenvalue weighted by molar-refractivity contribution is -0.384. The highest BCUT2D eigenvalue weighted by Gasteiger charge is 2.10. The molecule has 7 nitrogen and oxygen atoms in total. The number of nitro benzene ring substituents is 1. The molecular formula is C19H24N4O3. The normalized spacial score (nSPS) is 11.1. The number of guanidine groups is 1. The van der Waals surface area contributed by atoms with Crippen molar-refractivity contribution in [3.63, 3.8) is 0 Å². The van der Waals surface area contributed by atoms with Gasteiger partial charge in [0.2, 0.25) is 0 Å². The van der Waals surface area contributed by atoms with E-state index in [0.29, 0.717) is 13.1 Å². The van der Waals surface area contributed by atoms with Crippen LogP contribution < -0.4 is 10.1 Å². The maximum atomic E-state index is 10.7. The molecule has 0 saturated carbocycles. The summed E-state index contributed by atoms with van der Waals surface area (Å²) in [6, 6.07) is 14.3. The van der Waals surface area contributed by atoms with Crippen molar-refractivity contribution in [2.75, 3.05) is 20.7 Å². The second-order valence-corrected chi connectivity index (χ2v) is 5.76. The third-order valence-electron chi connectivity index (χ3n) is 3.86. The molecule has 0 fully saturated rings. The van der Waals surface area contributed by atoms with E-state index in [1.165, 1.54) is 12.1 Å². The van der Waals surface area contributed by atoms with E-state index in [1.54, 1.807) is 19.2 Å². The van der Waals surface area contributed by atoms with Gasteiger partial charge in [0.05, 0.1) is 18.6 Å². The average molecular weight is 356 g/mol. The Morgan fingerprint density at radius 2 is 1.92 bits per heavy atom. The van der Waals surface area contributed by atoms with Gasteiger partial charge in [0, 0.05) is 37.8 Å². The van der Waals surface area contributed by atoms with Crippen LogP contribution in [0.3, 0.4) is 0 Å². The highest BCUT2D eigenvalue weighted by atomic mass is 16.6. The van der Waals surface area contributed by atoms with Crippen LogP contribution in [-0.2, 0) is 13.1 Å². The fourth-order valence-electron chi connectivity index (χ4n) is 2.52. The summed E-state index contributed by atoms with van der Waals surface area (Å²) in [5.74, 6) is 1.60. The second-order valence-electron chi connectivity index (χ2n) is 5.76. The van der Waals surface area contributed by atoms with E-state index >= 15 is 0 Å². The van der Waals surface area contributed by atoms with E-state index in [-0.39, 0.29) is 5.69 Å². The van der Waals surface area contributed by atoms with Gasteiger partial charge in [-0.25, -0.2) is 4.99 Å². The molecular weight excluding hydrogens is 332 g/mol. The number of methoxy groups -OCH3 is 1. The predicted molar refractivity (Wildman–Crippen MR) is 102 cm³/mol. The zero-order chi connectivity index (χ0) is 18.9. The molecule has 0 saturated heterocycles. The molecule has 0 amide bonds. The monoisotopic (exact) mass is 356 g/mol. The van der Waals surface area contributed by atoms with Crippen LogP contribution in [0.5, 0.6) is 5.75 Å². The minimum Gasteiger partial charge on any atom is -0.496 e. The fourth-order valence-corrected chi connectivity index (χ4v) is 2.52. The molecule has 0 aliphatic heterocycles. The number of non-ortho nitro benzene ring substituents is 1. The van der Waals surface area contributed by atoms with Gasteiger partial charge in [0.25, 0.3) is 5.69 Å². The van der Waals surface area contributed by atoms with Gasteiger partial charge in [-0.2, -0.15) is 0 Å². The molecule has 2 aromatic carbocycles. The molecule has 0 unspecified atom stereocenters. The summed E-state index contributed by atoms with van der Waals surface area (Å²) < 4.78 is 5.40. The van der Waals surface area contributed by atoms with Gasteiger partial charge in [-0.1, -0.05) is 30.3 Å². The van der Waals surface area contributed by atoms with Gasteiger partial charge in [0.1, 0.15) is 5.75 Å². The van der Waals surface area contributed by atoms with Gasteiger partial charge in [-0.3, -0.25) is 10.1 Å². The van der Waals surface area contributed by atoms with Crippen molar-refractivity contribution in [2.45, 2.75) is 20.0 Å². The topological polar surface area (TPSA) is 80.0 Å². The number of hydrogen-bond acceptors (Lipinski definition) is 4. The maximum Gasteiger partial charge on any atom is 0.269 e. The van der Waals surface area contributed by atoms with Crippen LogP contribution in [0.1, 0.15) is 18.1 Å². The van der Waals surface area contributed by atoms with E-state index in [9.17, 15) is 10.1 Å². The number of nitrogens with zero attached hydrogens (tertiary/aromatic N) is 3. The number of nitrogens with one attached hydrogen (secondary N) is 1. The highest BCUT2D eigenvalue weighted by molar-refractivity contribution is 5.79. The highest BCUT2D eigenvalue weighted by Crippen LogP contribution is 2.19. The van der Waals surface area contributed by atoms with Gasteiger partial charge in [-0.15, -0.1) is 0 Å². The number of aliphatic imine (C=N–C) groups is 1. The summed E-state index contributed by atoms with van der Waals surface area (Å²) in [4.78, 5) is 17.0. The SMILES string of the molecule is CCNC(=NCc1ccc([N+](=O)[O-])cc1)N(C)Cc1ccccc1OC. The van der Waals surface area contributed by atoms with Crippen molar-refractivity contribution in [1.82, 2.24) is 10.2 Å². The van der Waals surface area contributed by atoms with Crippen molar-refractivity contribution < 1.29 is 9.66 Å². The molecule has 0 bridgehead atoms. The Kier molecular flexibility index (Phi) is 6.96. The molecule has 1 N–H and O–H groups in total. The van der Waals surface area contributed by atoms with Crippen LogP contribution in [0.15, 0.2) is 53.5 Å². The first-order chi connectivity index (χ1) is 12.5. The molecule has 138 valence electrons. The zero-order valence-electron chi connectivity index (χ0n) is 15.3. The number of benzene rings is 2. The predicted octanol–water partition coefficient (Wildman–Crippen LogP) is 3.20. The average Bonchev–Trinajstić information content (AvgIpc) is 2.65. The summed E-state index contributed by atoms with van der Waals surface area (Å²) in [5.41, 5.74) is 2.06. The summed E-state index contributed by atoms with van der Waals surface area (Å²) in [7, 11) is 3.62. The first-order valence-corrected chi connectivity index (χ1v) is 8.39. The zero-order valence-corrected chi connectivity index (χ0v) is 15.3. The van der Waals surface area contributed by atoms with Gasteiger partial charge >= 0.3 is 0 Å². The lowest BCUT2D eigenvalue weighted by Gasteiger charge is -2.23. The molecule has 0 aromatic heterocycles. The van der Waals surface area contributed by atoms with E-state index in [4.69, 9.17) is 4.74 Å². The summed E-state index contributed by atoms with van der Waals surface area (Å²) in [6.07, 6.45) is 0. The lowest BCUT2D eigenvalue weighted by atomic mass is 10.2. The lowest BCUT2D eigenvalue weighted by Crippen LogP contribution is -2.38. The minimum absolute atomic E-state index is 0.0814. The van der Waals surface area contributed by atoms with Gasteiger partial charge in [-0.05, 0) is 18.6 Å². The fraction of sp³-hybridized carbons (Fsp3) is 0.316. The molecule has 0 atom stereocenters. The van der Waals surface area contributed by atoms with E-state index in [2.05, 4.69) is 10.3 Å². The molecule has 2 rings (SSSR count). The van der Waals surface area contributed by atoms with E-state index in [1.807, 2.05) is 43.1 Å². The third kappa shape index (κ3) is 5.20. The molecule has 0 radical (unpaired) electrons. The Bertz CT molecular complexity index is 760. The van der Waals surface area contributed by atoms with Gasteiger partial charge in [0.15, 0.2) is 5.96 Å². The maximum absolute atomic E-state index is 10.7. The van der Waals surface area contributed by atoms with Crippen LogP contribution in [-0.4, -0.2) is 36.5 Å². The molecule has 0 heterocycles.